The predicted octanol–water partition coefficient (Wildman–Crippen LogP) is 1.80. The summed E-state index contributed by atoms with van der Waals surface area (Å²) < 4.78 is 15.8. The van der Waals surface area contributed by atoms with Gasteiger partial charge in [-0.15, -0.1) is 0 Å². The number of nitrogens with two attached hydrogens (primary N) is 1. The molecule has 0 unspecified atom stereocenters. The second-order valence-corrected chi connectivity index (χ2v) is 4.20. The van der Waals surface area contributed by atoms with Crippen LogP contribution in [0.5, 0.6) is 23.1 Å². The molecule has 0 aliphatic carbocycles. The fourth-order valence-corrected chi connectivity index (χ4v) is 1.89. The predicted molar refractivity (Wildman–Crippen MR) is 70.5 cm³/mol. The van der Waals surface area contributed by atoms with Gasteiger partial charge in [0.25, 0.3) is 0 Å². The minimum atomic E-state index is -0.614. The van der Waals surface area contributed by atoms with Crippen LogP contribution >= 0.6 is 0 Å². The zero-order valence-corrected chi connectivity index (χ0v) is 10.9. The fourth-order valence-electron chi connectivity index (χ4n) is 1.89. The maximum Gasteiger partial charge on any atom is 0.352 e. The van der Waals surface area contributed by atoms with Gasteiger partial charge in [0.15, 0.2) is 11.5 Å². The fraction of sp³-hybridized carbons (Fsp3) is 0.167. The van der Waals surface area contributed by atoms with Gasteiger partial charge >= 0.3 is 11.6 Å². The summed E-state index contributed by atoms with van der Waals surface area (Å²) in [6, 6.07) is 4.78. The van der Waals surface area contributed by atoms with Crippen molar-refractivity contribution in [2.24, 2.45) is 0 Å². The molecule has 21 heavy (non-hydrogen) atoms. The normalized spacial score (nSPS) is 12.2. The number of nitrogens with zero attached hydrogens (tertiary/aromatic N) is 3. The molecule has 9 heteroatoms. The highest BCUT2D eigenvalue weighted by atomic mass is 16.7. The van der Waals surface area contributed by atoms with E-state index in [0.29, 0.717) is 17.2 Å². The van der Waals surface area contributed by atoms with Crippen LogP contribution in [0.1, 0.15) is 5.69 Å². The van der Waals surface area contributed by atoms with Gasteiger partial charge in [0.05, 0.1) is 4.92 Å². The van der Waals surface area contributed by atoms with E-state index in [2.05, 4.69) is 9.97 Å². The zero-order valence-electron chi connectivity index (χ0n) is 10.9. The highest BCUT2D eigenvalue weighted by molar-refractivity contribution is 5.52. The Bertz CT molecular complexity index is 734. The number of aromatic nitrogens is 2. The number of nitro groups is 1. The van der Waals surface area contributed by atoms with E-state index in [9.17, 15) is 10.1 Å². The van der Waals surface area contributed by atoms with E-state index < -0.39 is 4.92 Å². The molecule has 9 nitrogen and oxygen atoms in total. The molecule has 1 aromatic carbocycles. The van der Waals surface area contributed by atoms with E-state index >= 15 is 0 Å². The van der Waals surface area contributed by atoms with Gasteiger partial charge in [0, 0.05) is 6.07 Å². The topological polar surface area (TPSA) is 123 Å². The maximum atomic E-state index is 11.1. The van der Waals surface area contributed by atoms with Crippen LogP contribution in [0.2, 0.25) is 0 Å². The van der Waals surface area contributed by atoms with Crippen molar-refractivity contribution in [1.29, 1.82) is 0 Å². The Morgan fingerprint density at radius 3 is 2.86 bits per heavy atom. The maximum absolute atomic E-state index is 11.1. The first-order chi connectivity index (χ1) is 10.0. The molecule has 0 saturated carbocycles. The summed E-state index contributed by atoms with van der Waals surface area (Å²) in [4.78, 5) is 18.0. The van der Waals surface area contributed by atoms with Crippen LogP contribution in [0, 0.1) is 17.0 Å². The Morgan fingerprint density at radius 1 is 1.33 bits per heavy atom. The van der Waals surface area contributed by atoms with Crippen LogP contribution in [0.15, 0.2) is 18.2 Å². The number of nitrogen functional groups attached to an aromatic ring is 1. The Balaban J connectivity index is 1.99. The van der Waals surface area contributed by atoms with Gasteiger partial charge in [-0.2, -0.15) is 4.98 Å². The van der Waals surface area contributed by atoms with Crippen molar-refractivity contribution in [3.05, 3.63) is 34.0 Å². The van der Waals surface area contributed by atoms with E-state index in [0.717, 1.165) is 0 Å². The highest BCUT2D eigenvalue weighted by Crippen LogP contribution is 2.38. The molecule has 0 radical (unpaired) electrons. The van der Waals surface area contributed by atoms with Gasteiger partial charge in [0.2, 0.25) is 12.7 Å². The number of anilines is 1. The van der Waals surface area contributed by atoms with Gasteiger partial charge in [-0.3, -0.25) is 10.1 Å². The molecule has 0 amide bonds. The van der Waals surface area contributed by atoms with Crippen molar-refractivity contribution in [3.63, 3.8) is 0 Å². The van der Waals surface area contributed by atoms with Crippen molar-refractivity contribution in [2.45, 2.75) is 6.92 Å². The molecular weight excluding hydrogens is 280 g/mol. The minimum Gasteiger partial charge on any atom is -0.454 e. The second-order valence-electron chi connectivity index (χ2n) is 4.20. The van der Waals surface area contributed by atoms with E-state index in [1.54, 1.807) is 18.2 Å². The van der Waals surface area contributed by atoms with Crippen molar-refractivity contribution >= 4 is 11.6 Å². The number of hydrogen-bond acceptors (Lipinski definition) is 8. The summed E-state index contributed by atoms with van der Waals surface area (Å²) in [5.74, 6) is 1.07. The Kier molecular flexibility index (Phi) is 2.94. The summed E-state index contributed by atoms with van der Waals surface area (Å²) in [7, 11) is 0. The molecular formula is C12H10N4O5. The first-order valence-electron chi connectivity index (χ1n) is 5.90. The highest BCUT2D eigenvalue weighted by Gasteiger charge is 2.24. The first-order valence-corrected chi connectivity index (χ1v) is 5.90. The molecule has 0 fully saturated rings. The summed E-state index contributed by atoms with van der Waals surface area (Å²) in [5.41, 5.74) is 5.30. The summed E-state index contributed by atoms with van der Waals surface area (Å²) in [6.45, 7) is 1.58. The summed E-state index contributed by atoms with van der Waals surface area (Å²) in [6.07, 6.45) is 0. The molecule has 108 valence electrons. The monoisotopic (exact) mass is 290 g/mol. The van der Waals surface area contributed by atoms with Crippen LogP contribution in [-0.4, -0.2) is 21.7 Å². The van der Waals surface area contributed by atoms with Crippen LogP contribution in [0.25, 0.3) is 0 Å². The van der Waals surface area contributed by atoms with Gasteiger partial charge in [-0.1, -0.05) is 0 Å². The van der Waals surface area contributed by atoms with Crippen LogP contribution in [0.4, 0.5) is 11.6 Å². The number of benzene rings is 1. The SMILES string of the molecule is Cc1nc(N)nc(Oc2ccc3c(c2)OCO3)c1[N+](=O)[O-]. The lowest BCUT2D eigenvalue weighted by Gasteiger charge is -2.07. The van der Waals surface area contributed by atoms with E-state index in [-0.39, 0.29) is 30.0 Å². The Labute approximate surface area is 118 Å². The van der Waals surface area contributed by atoms with Gasteiger partial charge in [0.1, 0.15) is 11.4 Å². The largest absolute Gasteiger partial charge is 0.454 e. The molecule has 2 heterocycles. The standard InChI is InChI=1S/C12H10N4O5/c1-6-10(16(17)18)11(15-12(13)14-6)21-7-2-3-8-9(4-7)20-5-19-8/h2-4H,5H2,1H3,(H2,13,14,15). The third-order valence-corrected chi connectivity index (χ3v) is 2.78. The van der Waals surface area contributed by atoms with Crippen LogP contribution in [-0.2, 0) is 0 Å². The van der Waals surface area contributed by atoms with Crippen molar-refractivity contribution in [1.82, 2.24) is 9.97 Å². The average Bonchev–Trinajstić information content (AvgIpc) is 2.84. The zero-order chi connectivity index (χ0) is 15.0. The summed E-state index contributed by atoms with van der Waals surface area (Å²) in [5, 5.41) is 11.1. The van der Waals surface area contributed by atoms with E-state index in [4.69, 9.17) is 19.9 Å². The number of hydrogen-bond donors (Lipinski definition) is 1. The Hall–Kier alpha value is -3.10. The van der Waals surface area contributed by atoms with E-state index in [1.807, 2.05) is 0 Å². The van der Waals surface area contributed by atoms with Gasteiger partial charge in [-0.05, 0) is 19.1 Å². The quantitative estimate of drug-likeness (QED) is 0.670. The molecule has 0 atom stereocenters. The molecule has 2 N–H and O–H groups in total. The van der Waals surface area contributed by atoms with Gasteiger partial charge in [-0.25, -0.2) is 4.98 Å². The number of fused-ring (bicyclic) bond motifs is 1. The molecule has 3 rings (SSSR count). The number of aryl methyl sites for hydroxylation is 1. The molecule has 2 aromatic rings. The smallest absolute Gasteiger partial charge is 0.352 e. The summed E-state index contributed by atoms with van der Waals surface area (Å²) >= 11 is 0. The molecule has 1 aliphatic heterocycles. The number of rotatable bonds is 3. The van der Waals surface area contributed by atoms with Crippen LogP contribution in [0.3, 0.4) is 0 Å². The third-order valence-electron chi connectivity index (χ3n) is 2.78. The molecule has 0 spiro atoms. The first kappa shape index (κ1) is 12.9. The van der Waals surface area contributed by atoms with E-state index in [1.165, 1.54) is 6.92 Å². The van der Waals surface area contributed by atoms with Crippen molar-refractivity contribution in [3.8, 4) is 23.1 Å². The van der Waals surface area contributed by atoms with Gasteiger partial charge < -0.3 is 19.9 Å². The molecule has 1 aliphatic rings. The molecule has 1 aromatic heterocycles. The molecule has 0 saturated heterocycles. The lowest BCUT2D eigenvalue weighted by molar-refractivity contribution is -0.386. The third kappa shape index (κ3) is 2.36. The average molecular weight is 290 g/mol. The van der Waals surface area contributed by atoms with Crippen molar-refractivity contribution in [2.75, 3.05) is 12.5 Å². The Morgan fingerprint density at radius 2 is 2.10 bits per heavy atom. The lowest BCUT2D eigenvalue weighted by Crippen LogP contribution is -2.04. The second kappa shape index (κ2) is 4.78. The lowest BCUT2D eigenvalue weighted by atomic mass is 10.3. The molecule has 0 bridgehead atoms. The minimum absolute atomic E-state index is 0.103. The number of ether oxygens (including phenoxy) is 3. The van der Waals surface area contributed by atoms with Crippen molar-refractivity contribution < 1.29 is 19.1 Å². The van der Waals surface area contributed by atoms with Crippen LogP contribution < -0.4 is 19.9 Å².